The van der Waals surface area contributed by atoms with E-state index in [4.69, 9.17) is 0 Å². The van der Waals surface area contributed by atoms with Crippen LogP contribution in [0.25, 0.3) is 0 Å². The zero-order valence-electron chi connectivity index (χ0n) is 13.1. The minimum absolute atomic E-state index is 0.165. The second-order valence-electron chi connectivity index (χ2n) is 4.85. The number of amides is 1. The Balaban J connectivity index is 2.53. The molecule has 128 valence electrons. The zero-order chi connectivity index (χ0) is 17.9. The molecule has 0 unspecified atom stereocenters. The Hall–Kier alpha value is -2.02. The van der Waals surface area contributed by atoms with Gasteiger partial charge in [0.05, 0.1) is 4.90 Å². The zero-order valence-corrected chi connectivity index (χ0v) is 13.9. The van der Waals surface area contributed by atoms with Gasteiger partial charge in [-0.15, -0.1) is 0 Å². The highest BCUT2D eigenvalue weighted by Crippen LogP contribution is 2.36. The summed E-state index contributed by atoms with van der Waals surface area (Å²) in [5.74, 6) is -7.57. The van der Waals surface area contributed by atoms with Crippen LogP contribution in [0.4, 0.5) is 17.6 Å². The molecule has 0 radical (unpaired) electrons. The predicted octanol–water partition coefficient (Wildman–Crippen LogP) is 4.88. The van der Waals surface area contributed by atoms with Crippen molar-refractivity contribution in [3.8, 4) is 0 Å². The maximum absolute atomic E-state index is 14.2. The average Bonchev–Trinajstić information content (AvgIpc) is 2.59. The smallest absolute Gasteiger partial charge is 0.260 e. The van der Waals surface area contributed by atoms with Gasteiger partial charge in [-0.05, 0) is 26.0 Å². The van der Waals surface area contributed by atoms with Crippen molar-refractivity contribution in [1.82, 2.24) is 4.90 Å². The van der Waals surface area contributed by atoms with Gasteiger partial charge in [-0.2, -0.15) is 0 Å². The Morgan fingerprint density at radius 2 is 1.42 bits per heavy atom. The highest BCUT2D eigenvalue weighted by Gasteiger charge is 2.31. The molecule has 0 bridgehead atoms. The van der Waals surface area contributed by atoms with Crippen molar-refractivity contribution in [2.24, 2.45) is 0 Å². The van der Waals surface area contributed by atoms with Gasteiger partial charge >= 0.3 is 0 Å². The van der Waals surface area contributed by atoms with Crippen LogP contribution >= 0.6 is 11.8 Å². The fraction of sp³-hybridized carbons (Fsp3) is 0.235. The van der Waals surface area contributed by atoms with Crippen LogP contribution in [0.5, 0.6) is 0 Å². The molecular formula is C17H15F4NOS. The molecule has 0 aliphatic carbocycles. The number of rotatable bonds is 5. The molecule has 0 aliphatic heterocycles. The van der Waals surface area contributed by atoms with Gasteiger partial charge in [-0.3, -0.25) is 4.79 Å². The molecule has 2 rings (SSSR count). The van der Waals surface area contributed by atoms with Crippen molar-refractivity contribution < 1.29 is 22.4 Å². The van der Waals surface area contributed by atoms with Gasteiger partial charge in [-0.1, -0.05) is 30.0 Å². The molecule has 0 aromatic heterocycles. The molecule has 0 saturated carbocycles. The van der Waals surface area contributed by atoms with E-state index in [1.165, 1.54) is 0 Å². The molecule has 0 fully saturated rings. The van der Waals surface area contributed by atoms with Crippen LogP contribution in [0, 0.1) is 23.3 Å². The minimum atomic E-state index is -1.68. The van der Waals surface area contributed by atoms with Crippen LogP contribution in [0.15, 0.2) is 40.1 Å². The minimum Gasteiger partial charge on any atom is -0.339 e. The predicted molar refractivity (Wildman–Crippen MR) is 84.1 cm³/mol. The van der Waals surface area contributed by atoms with Gasteiger partial charge in [0, 0.05) is 18.0 Å². The van der Waals surface area contributed by atoms with Gasteiger partial charge in [0.2, 0.25) is 0 Å². The molecule has 2 nitrogen and oxygen atoms in total. The summed E-state index contributed by atoms with van der Waals surface area (Å²) in [6.45, 7) is 3.53. The van der Waals surface area contributed by atoms with Crippen molar-refractivity contribution in [3.63, 3.8) is 0 Å². The van der Waals surface area contributed by atoms with E-state index in [1.807, 2.05) is 0 Å². The number of hydrogen-bond acceptors (Lipinski definition) is 2. The molecular weight excluding hydrogens is 342 g/mol. The molecule has 0 spiro atoms. The molecule has 0 aliphatic rings. The third kappa shape index (κ3) is 3.40. The van der Waals surface area contributed by atoms with Crippen molar-refractivity contribution in [2.75, 3.05) is 13.1 Å². The Kier molecular flexibility index (Phi) is 5.88. The second kappa shape index (κ2) is 7.70. The normalized spacial score (nSPS) is 10.8. The summed E-state index contributed by atoms with van der Waals surface area (Å²) >= 11 is 0.555. The number of carbonyl (C=O) groups is 1. The van der Waals surface area contributed by atoms with Crippen LogP contribution in [0.3, 0.4) is 0 Å². The van der Waals surface area contributed by atoms with E-state index in [1.54, 1.807) is 44.2 Å². The molecule has 0 heterocycles. The first-order chi connectivity index (χ1) is 11.4. The van der Waals surface area contributed by atoms with Crippen LogP contribution in [0.1, 0.15) is 24.2 Å². The van der Waals surface area contributed by atoms with Gasteiger partial charge in [0.25, 0.3) is 5.91 Å². The van der Waals surface area contributed by atoms with Crippen LogP contribution in [-0.4, -0.2) is 23.9 Å². The largest absolute Gasteiger partial charge is 0.339 e. The quantitative estimate of drug-likeness (QED) is 0.562. The fourth-order valence-corrected chi connectivity index (χ4v) is 3.05. The van der Waals surface area contributed by atoms with E-state index in [0.29, 0.717) is 16.7 Å². The molecule has 0 saturated heterocycles. The van der Waals surface area contributed by atoms with E-state index in [0.717, 1.165) is 4.90 Å². The lowest BCUT2D eigenvalue weighted by Gasteiger charge is -2.20. The Bertz CT molecular complexity index is 719. The number of hydrogen-bond donors (Lipinski definition) is 0. The van der Waals surface area contributed by atoms with Crippen LogP contribution in [-0.2, 0) is 0 Å². The van der Waals surface area contributed by atoms with Crippen LogP contribution < -0.4 is 0 Å². The van der Waals surface area contributed by atoms with Gasteiger partial charge in [0.1, 0.15) is 5.56 Å². The molecule has 24 heavy (non-hydrogen) atoms. The summed E-state index contributed by atoms with van der Waals surface area (Å²) < 4.78 is 57.0. The molecule has 1 amide bonds. The summed E-state index contributed by atoms with van der Waals surface area (Å²) in [4.78, 5) is 12.8. The van der Waals surface area contributed by atoms with E-state index >= 15 is 0 Å². The van der Waals surface area contributed by atoms with Crippen molar-refractivity contribution >= 4 is 17.7 Å². The maximum Gasteiger partial charge on any atom is 0.260 e. The van der Waals surface area contributed by atoms with Gasteiger partial charge < -0.3 is 4.90 Å². The molecule has 0 N–H and O–H groups in total. The standard InChI is InChI=1S/C17H15F4NOS/c1-3-22(4-2)17(23)11-12(18)14(20)16(15(21)13(11)19)24-10-8-6-5-7-9-10/h5-9H,3-4H2,1-2H3. The number of nitrogens with zero attached hydrogens (tertiary/aromatic N) is 1. The summed E-state index contributed by atoms with van der Waals surface area (Å²) in [5.41, 5.74) is -1.20. The van der Waals surface area contributed by atoms with E-state index in [-0.39, 0.29) is 13.1 Å². The average molecular weight is 357 g/mol. The van der Waals surface area contributed by atoms with Crippen molar-refractivity contribution in [2.45, 2.75) is 23.6 Å². The first-order valence-corrected chi connectivity index (χ1v) is 8.12. The van der Waals surface area contributed by atoms with E-state index in [2.05, 4.69) is 0 Å². The Morgan fingerprint density at radius 1 is 0.917 bits per heavy atom. The molecule has 7 heteroatoms. The summed E-state index contributed by atoms with van der Waals surface area (Å²) in [6, 6.07) is 8.05. The summed E-state index contributed by atoms with van der Waals surface area (Å²) in [6.07, 6.45) is 0. The van der Waals surface area contributed by atoms with Gasteiger partial charge in [-0.25, -0.2) is 17.6 Å². The Labute approximate surface area is 141 Å². The highest BCUT2D eigenvalue weighted by molar-refractivity contribution is 7.99. The fourth-order valence-electron chi connectivity index (χ4n) is 2.16. The first-order valence-electron chi connectivity index (χ1n) is 7.30. The second-order valence-corrected chi connectivity index (χ2v) is 5.94. The number of halogens is 4. The lowest BCUT2D eigenvalue weighted by atomic mass is 10.1. The first kappa shape index (κ1) is 18.3. The van der Waals surface area contributed by atoms with E-state index < -0.39 is 39.6 Å². The third-order valence-electron chi connectivity index (χ3n) is 3.45. The monoisotopic (exact) mass is 357 g/mol. The molecule has 2 aromatic rings. The summed E-state index contributed by atoms with van der Waals surface area (Å²) in [7, 11) is 0. The Morgan fingerprint density at radius 3 is 1.88 bits per heavy atom. The third-order valence-corrected chi connectivity index (χ3v) is 4.52. The lowest BCUT2D eigenvalue weighted by molar-refractivity contribution is 0.0760. The topological polar surface area (TPSA) is 20.3 Å². The van der Waals surface area contributed by atoms with Crippen molar-refractivity contribution in [1.29, 1.82) is 0 Å². The highest BCUT2D eigenvalue weighted by atomic mass is 32.2. The lowest BCUT2D eigenvalue weighted by Crippen LogP contribution is -2.32. The summed E-state index contributed by atoms with van der Waals surface area (Å²) in [5, 5.41) is 0. The maximum atomic E-state index is 14.2. The van der Waals surface area contributed by atoms with Gasteiger partial charge in [0.15, 0.2) is 23.3 Å². The van der Waals surface area contributed by atoms with Crippen molar-refractivity contribution in [3.05, 3.63) is 59.2 Å². The van der Waals surface area contributed by atoms with E-state index in [9.17, 15) is 22.4 Å². The number of benzene rings is 2. The molecule has 2 aromatic carbocycles. The van der Waals surface area contributed by atoms with Crippen LogP contribution in [0.2, 0.25) is 0 Å². The SMILES string of the molecule is CCN(CC)C(=O)c1c(F)c(F)c(Sc2ccccc2)c(F)c1F. The molecule has 0 atom stereocenters. The number of carbonyl (C=O) groups excluding carboxylic acids is 1.